The first kappa shape index (κ1) is 18.2. The Balaban J connectivity index is 1.81. The van der Waals surface area contributed by atoms with Gasteiger partial charge in [0.25, 0.3) is 5.91 Å². The maximum Gasteiger partial charge on any atom is 0.252 e. The number of nitrogens with one attached hydrogen (secondary N) is 1. The van der Waals surface area contributed by atoms with E-state index in [4.69, 9.17) is 9.47 Å². The van der Waals surface area contributed by atoms with Crippen LogP contribution in [0.1, 0.15) is 37.0 Å². The van der Waals surface area contributed by atoms with E-state index in [0.717, 1.165) is 31.6 Å². The van der Waals surface area contributed by atoms with Crippen LogP contribution in [-0.4, -0.2) is 37.3 Å². The van der Waals surface area contributed by atoms with E-state index in [1.165, 1.54) is 0 Å². The second kappa shape index (κ2) is 9.88. The van der Waals surface area contributed by atoms with Crippen LogP contribution in [0.5, 0.6) is 5.88 Å². The average Bonchev–Trinajstić information content (AvgIpc) is 2.64. The molecule has 1 aliphatic heterocycles. The lowest BCUT2D eigenvalue weighted by molar-refractivity contribution is 0.0642. The third-order valence-corrected chi connectivity index (χ3v) is 4.03. The molecule has 2 heterocycles. The highest BCUT2D eigenvalue weighted by atomic mass is 16.5. The summed E-state index contributed by atoms with van der Waals surface area (Å²) in [5.74, 6) is 0.924. The van der Waals surface area contributed by atoms with E-state index < -0.39 is 0 Å². The molecule has 0 spiro atoms. The first-order valence-corrected chi connectivity index (χ1v) is 8.45. The highest BCUT2D eigenvalue weighted by Gasteiger charge is 2.15. The molecule has 0 unspecified atom stereocenters. The molecule has 5 heteroatoms. The summed E-state index contributed by atoms with van der Waals surface area (Å²) in [5.41, 5.74) is 1.63. The van der Waals surface area contributed by atoms with Crippen molar-refractivity contribution in [2.24, 2.45) is 5.92 Å². The van der Waals surface area contributed by atoms with Crippen molar-refractivity contribution in [3.05, 3.63) is 47.7 Å². The Labute approximate surface area is 143 Å². The number of nitrogens with zero attached hydrogens (tertiary/aromatic N) is 1. The summed E-state index contributed by atoms with van der Waals surface area (Å²) in [4.78, 5) is 16.4. The summed E-state index contributed by atoms with van der Waals surface area (Å²) in [6.07, 6.45) is 9.53. The summed E-state index contributed by atoms with van der Waals surface area (Å²) in [7, 11) is 0. The predicted molar refractivity (Wildman–Crippen MR) is 94.2 cm³/mol. The number of hydrogen-bond acceptors (Lipinski definition) is 4. The van der Waals surface area contributed by atoms with Gasteiger partial charge >= 0.3 is 0 Å². The van der Waals surface area contributed by atoms with Gasteiger partial charge < -0.3 is 14.8 Å². The summed E-state index contributed by atoms with van der Waals surface area (Å²) in [6, 6.07) is 3.47. The molecular weight excluding hydrogens is 304 g/mol. The first-order chi connectivity index (χ1) is 11.7. The molecule has 0 aliphatic carbocycles. The number of rotatable bonds is 7. The van der Waals surface area contributed by atoms with Crippen LogP contribution in [-0.2, 0) is 4.74 Å². The molecule has 1 N–H and O–H groups in total. The lowest BCUT2D eigenvalue weighted by atomic mass is 10.0. The van der Waals surface area contributed by atoms with Gasteiger partial charge in [-0.25, -0.2) is 4.98 Å². The summed E-state index contributed by atoms with van der Waals surface area (Å²) in [6.45, 7) is 6.66. The fraction of sp³-hybridized carbons (Fsp3) is 0.474. The molecule has 1 aromatic heterocycles. The molecule has 0 aromatic carbocycles. The number of carbonyl (C=O) groups is 1. The minimum absolute atomic E-state index is 0.0939. The van der Waals surface area contributed by atoms with Crippen LogP contribution in [0, 0.1) is 5.92 Å². The molecule has 0 saturated carbocycles. The molecule has 1 aliphatic rings. The fourth-order valence-corrected chi connectivity index (χ4v) is 2.49. The van der Waals surface area contributed by atoms with E-state index in [0.29, 0.717) is 30.5 Å². The van der Waals surface area contributed by atoms with E-state index in [2.05, 4.69) is 10.3 Å². The third kappa shape index (κ3) is 5.81. The fourth-order valence-electron chi connectivity index (χ4n) is 2.49. The smallest absolute Gasteiger partial charge is 0.252 e. The quantitative estimate of drug-likeness (QED) is 0.780. The SMILES string of the molecule is CC=CC(=CC)COc1ccc(C(=O)NCC2CCOCC2)cn1. The molecule has 130 valence electrons. The zero-order valence-corrected chi connectivity index (χ0v) is 14.5. The van der Waals surface area contributed by atoms with Gasteiger partial charge in [-0.1, -0.05) is 18.2 Å². The number of amides is 1. The standard InChI is InChI=1S/C19H26N2O3/c1-3-5-15(4-2)14-24-18-7-6-17(13-20-18)19(22)21-12-16-8-10-23-11-9-16/h3-7,13,16H,8-12,14H2,1-2H3,(H,21,22). The van der Waals surface area contributed by atoms with Crippen LogP contribution in [0.2, 0.25) is 0 Å². The molecule has 0 atom stereocenters. The predicted octanol–water partition coefficient (Wildman–Crippen LogP) is 3.14. The number of hydrogen-bond donors (Lipinski definition) is 1. The summed E-state index contributed by atoms with van der Waals surface area (Å²) in [5, 5.41) is 2.97. The van der Waals surface area contributed by atoms with Crippen LogP contribution in [0.3, 0.4) is 0 Å². The van der Waals surface area contributed by atoms with Crippen molar-refractivity contribution in [2.75, 3.05) is 26.4 Å². The lowest BCUT2D eigenvalue weighted by Crippen LogP contribution is -2.32. The second-order valence-corrected chi connectivity index (χ2v) is 5.80. The maximum atomic E-state index is 12.2. The van der Waals surface area contributed by atoms with Crippen molar-refractivity contribution in [3.63, 3.8) is 0 Å². The van der Waals surface area contributed by atoms with Crippen LogP contribution < -0.4 is 10.1 Å². The number of pyridine rings is 1. The Kier molecular flexibility index (Phi) is 7.49. The maximum absolute atomic E-state index is 12.2. The molecule has 1 amide bonds. The Hall–Kier alpha value is -2.14. The van der Waals surface area contributed by atoms with Crippen molar-refractivity contribution in [1.82, 2.24) is 10.3 Å². The minimum atomic E-state index is -0.0939. The molecule has 1 saturated heterocycles. The monoisotopic (exact) mass is 330 g/mol. The average molecular weight is 330 g/mol. The van der Waals surface area contributed by atoms with E-state index in [1.807, 2.05) is 32.1 Å². The van der Waals surface area contributed by atoms with Crippen molar-refractivity contribution in [3.8, 4) is 5.88 Å². The van der Waals surface area contributed by atoms with E-state index in [-0.39, 0.29) is 5.91 Å². The zero-order chi connectivity index (χ0) is 17.2. The molecule has 0 bridgehead atoms. The van der Waals surface area contributed by atoms with Crippen LogP contribution in [0.4, 0.5) is 0 Å². The summed E-state index contributed by atoms with van der Waals surface area (Å²) >= 11 is 0. The molecule has 0 radical (unpaired) electrons. The molecular formula is C19H26N2O3. The van der Waals surface area contributed by atoms with Gasteiger partial charge in [-0.05, 0) is 44.2 Å². The van der Waals surface area contributed by atoms with Crippen molar-refractivity contribution < 1.29 is 14.3 Å². The van der Waals surface area contributed by atoms with Crippen LogP contribution in [0.15, 0.2) is 42.1 Å². The molecule has 5 nitrogen and oxygen atoms in total. The highest BCUT2D eigenvalue weighted by molar-refractivity contribution is 5.93. The van der Waals surface area contributed by atoms with Gasteiger partial charge in [0.1, 0.15) is 6.61 Å². The Morgan fingerprint density at radius 2 is 2.17 bits per heavy atom. The minimum Gasteiger partial charge on any atom is -0.473 e. The van der Waals surface area contributed by atoms with E-state index >= 15 is 0 Å². The van der Waals surface area contributed by atoms with Gasteiger partial charge in [0, 0.05) is 32.0 Å². The van der Waals surface area contributed by atoms with Gasteiger partial charge in [0.15, 0.2) is 0 Å². The number of carbonyl (C=O) groups excluding carboxylic acids is 1. The first-order valence-electron chi connectivity index (χ1n) is 8.45. The van der Waals surface area contributed by atoms with Gasteiger partial charge in [0.2, 0.25) is 5.88 Å². The van der Waals surface area contributed by atoms with Crippen molar-refractivity contribution in [1.29, 1.82) is 0 Å². The van der Waals surface area contributed by atoms with Crippen molar-refractivity contribution >= 4 is 5.91 Å². The number of ether oxygens (including phenoxy) is 2. The molecule has 2 rings (SSSR count). The van der Waals surface area contributed by atoms with Crippen LogP contribution in [0.25, 0.3) is 0 Å². The van der Waals surface area contributed by atoms with Crippen molar-refractivity contribution in [2.45, 2.75) is 26.7 Å². The Morgan fingerprint density at radius 1 is 1.38 bits per heavy atom. The normalized spacial score (nSPS) is 16.3. The second-order valence-electron chi connectivity index (χ2n) is 5.80. The van der Waals surface area contributed by atoms with E-state index in [1.54, 1.807) is 18.3 Å². The molecule has 24 heavy (non-hydrogen) atoms. The molecule has 1 aromatic rings. The highest BCUT2D eigenvalue weighted by Crippen LogP contribution is 2.14. The Morgan fingerprint density at radius 3 is 2.79 bits per heavy atom. The van der Waals surface area contributed by atoms with Gasteiger partial charge in [-0.3, -0.25) is 4.79 Å². The van der Waals surface area contributed by atoms with Gasteiger partial charge in [0.05, 0.1) is 5.56 Å². The van der Waals surface area contributed by atoms with Gasteiger partial charge in [-0.15, -0.1) is 0 Å². The van der Waals surface area contributed by atoms with E-state index in [9.17, 15) is 4.79 Å². The lowest BCUT2D eigenvalue weighted by Gasteiger charge is -2.22. The topological polar surface area (TPSA) is 60.5 Å². The zero-order valence-electron chi connectivity index (χ0n) is 14.5. The van der Waals surface area contributed by atoms with Crippen LogP contribution >= 0.6 is 0 Å². The van der Waals surface area contributed by atoms with Gasteiger partial charge in [-0.2, -0.15) is 0 Å². The molecule has 1 fully saturated rings. The Bertz CT molecular complexity index is 573. The largest absolute Gasteiger partial charge is 0.473 e. The third-order valence-electron chi connectivity index (χ3n) is 4.03. The number of aromatic nitrogens is 1. The number of allylic oxidation sites excluding steroid dienone is 2. The summed E-state index contributed by atoms with van der Waals surface area (Å²) < 4.78 is 10.9.